The Morgan fingerprint density at radius 2 is 1.53 bits per heavy atom. The van der Waals surface area contributed by atoms with Crippen LogP contribution in [-0.2, 0) is 0 Å². The lowest BCUT2D eigenvalue weighted by atomic mass is 9.67. The van der Waals surface area contributed by atoms with E-state index in [0.717, 1.165) is 24.7 Å². The summed E-state index contributed by atoms with van der Waals surface area (Å²) in [4.78, 5) is 0. The van der Waals surface area contributed by atoms with E-state index >= 15 is 0 Å². The molecule has 1 heteroatoms. The van der Waals surface area contributed by atoms with Crippen LogP contribution in [0.5, 0.6) is 0 Å². The van der Waals surface area contributed by atoms with Crippen LogP contribution < -0.4 is 0 Å². The fourth-order valence-electron chi connectivity index (χ4n) is 5.38. The summed E-state index contributed by atoms with van der Waals surface area (Å²) in [6, 6.07) is 0. The largest absolute Gasteiger partial charge is 0.390 e. The SMILES string of the molecule is C=C1CCCC1C/C=C1\CCCC2(C)CCCC12.CC.CC.CC/C=C/CC(C)(C)O.CCC. The van der Waals surface area contributed by atoms with Crippen LogP contribution in [0.3, 0.4) is 0 Å². The monoisotopic (exact) mass is 476 g/mol. The Bertz CT molecular complexity index is 547. The third kappa shape index (κ3) is 14.6. The first kappa shape index (κ1) is 35.3. The molecular weight excluding hydrogens is 412 g/mol. The third-order valence-electron chi connectivity index (χ3n) is 7.06. The maximum Gasteiger partial charge on any atom is 0.0626 e. The lowest BCUT2D eigenvalue weighted by Crippen LogP contribution is -2.27. The lowest BCUT2D eigenvalue weighted by molar-refractivity contribution is 0.0838. The molecule has 0 bridgehead atoms. The number of allylic oxidation sites excluding steroid dienone is 4. The number of aliphatic hydroxyl groups is 1. The summed E-state index contributed by atoms with van der Waals surface area (Å²) in [6.07, 6.45) is 23.8. The maximum atomic E-state index is 9.19. The van der Waals surface area contributed by atoms with Gasteiger partial charge in [-0.2, -0.15) is 0 Å². The third-order valence-corrected chi connectivity index (χ3v) is 7.06. The molecule has 0 aromatic heterocycles. The molecule has 0 radical (unpaired) electrons. The average Bonchev–Trinajstić information content (AvgIpc) is 3.40. The van der Waals surface area contributed by atoms with Crippen molar-refractivity contribution in [3.05, 3.63) is 36.0 Å². The fourth-order valence-corrected chi connectivity index (χ4v) is 5.38. The Morgan fingerprint density at radius 1 is 0.941 bits per heavy atom. The summed E-state index contributed by atoms with van der Waals surface area (Å²) in [5.41, 5.74) is 3.47. The van der Waals surface area contributed by atoms with E-state index in [-0.39, 0.29) is 0 Å². The van der Waals surface area contributed by atoms with Gasteiger partial charge in [0.15, 0.2) is 0 Å². The second-order valence-electron chi connectivity index (χ2n) is 10.8. The van der Waals surface area contributed by atoms with Crippen LogP contribution in [-0.4, -0.2) is 10.7 Å². The molecule has 34 heavy (non-hydrogen) atoms. The van der Waals surface area contributed by atoms with Crippen LogP contribution in [0.4, 0.5) is 0 Å². The van der Waals surface area contributed by atoms with Crippen LogP contribution in [0.25, 0.3) is 0 Å². The molecule has 0 saturated heterocycles. The Labute approximate surface area is 216 Å². The summed E-state index contributed by atoms with van der Waals surface area (Å²) in [6.45, 7) is 24.8. The van der Waals surface area contributed by atoms with Gasteiger partial charge in [-0.15, -0.1) is 0 Å². The highest BCUT2D eigenvalue weighted by Gasteiger charge is 2.42. The van der Waals surface area contributed by atoms with E-state index in [0.29, 0.717) is 5.41 Å². The van der Waals surface area contributed by atoms with Crippen LogP contribution >= 0.6 is 0 Å². The van der Waals surface area contributed by atoms with Crippen LogP contribution in [0.1, 0.15) is 153 Å². The van der Waals surface area contributed by atoms with Gasteiger partial charge in [0, 0.05) is 0 Å². The van der Waals surface area contributed by atoms with Crippen molar-refractivity contribution in [2.45, 2.75) is 158 Å². The van der Waals surface area contributed by atoms with Crippen molar-refractivity contribution in [1.82, 2.24) is 0 Å². The van der Waals surface area contributed by atoms with Gasteiger partial charge in [-0.3, -0.25) is 0 Å². The quantitative estimate of drug-likeness (QED) is 0.391. The molecule has 3 aliphatic rings. The number of hydrogen-bond acceptors (Lipinski definition) is 1. The van der Waals surface area contributed by atoms with Gasteiger partial charge in [-0.05, 0) is 102 Å². The summed E-state index contributed by atoms with van der Waals surface area (Å²) in [5, 5.41) is 9.19. The predicted molar refractivity (Wildman–Crippen MR) is 157 cm³/mol. The molecule has 0 aromatic carbocycles. The zero-order valence-electron chi connectivity index (χ0n) is 25.2. The maximum absolute atomic E-state index is 9.19. The number of fused-ring (bicyclic) bond motifs is 1. The van der Waals surface area contributed by atoms with E-state index in [1.165, 1.54) is 76.2 Å². The van der Waals surface area contributed by atoms with Crippen molar-refractivity contribution in [3.63, 3.8) is 0 Å². The highest BCUT2D eigenvalue weighted by atomic mass is 16.3. The molecule has 0 heterocycles. The zero-order valence-corrected chi connectivity index (χ0v) is 25.2. The van der Waals surface area contributed by atoms with E-state index in [2.05, 4.69) is 46.4 Å². The van der Waals surface area contributed by atoms with Gasteiger partial charge < -0.3 is 5.11 Å². The highest BCUT2D eigenvalue weighted by Crippen LogP contribution is 2.54. The lowest BCUT2D eigenvalue weighted by Gasteiger charge is -2.38. The molecule has 0 spiro atoms. The van der Waals surface area contributed by atoms with Crippen LogP contribution in [0, 0.1) is 17.3 Å². The van der Waals surface area contributed by atoms with Gasteiger partial charge in [0.2, 0.25) is 0 Å². The van der Waals surface area contributed by atoms with Gasteiger partial charge in [0.05, 0.1) is 5.60 Å². The molecule has 3 rings (SSSR count). The standard InChI is InChI=1S/C18H28.C8H16O.C3H8.2C2H6/c1-14-6-3-7-15(14)10-11-16-8-4-12-18(2)13-5-9-17(16)18;1-4-5-6-7-8(2,3)9;1-3-2;2*1-2/h11,15,17H,1,3-10,12-13H2,2H3;5-6,9H,4,7H2,1-3H3;3H2,1-2H3;2*1-2H3/b16-11+;6-5+;;;. The first-order valence-corrected chi connectivity index (χ1v) is 14.9. The summed E-state index contributed by atoms with van der Waals surface area (Å²) < 4.78 is 0. The molecule has 3 aliphatic carbocycles. The van der Waals surface area contributed by atoms with E-state index in [1.54, 1.807) is 0 Å². The van der Waals surface area contributed by atoms with Crippen LogP contribution in [0.2, 0.25) is 0 Å². The summed E-state index contributed by atoms with van der Waals surface area (Å²) in [7, 11) is 0. The molecule has 0 aliphatic heterocycles. The molecule has 3 unspecified atom stereocenters. The van der Waals surface area contributed by atoms with Crippen molar-refractivity contribution in [2.24, 2.45) is 17.3 Å². The second-order valence-corrected chi connectivity index (χ2v) is 10.8. The Kier molecular flexibility index (Phi) is 21.2. The second kappa shape index (κ2) is 20.4. The van der Waals surface area contributed by atoms with Gasteiger partial charge in [0.1, 0.15) is 0 Å². The molecule has 202 valence electrons. The van der Waals surface area contributed by atoms with E-state index in [1.807, 2.05) is 53.2 Å². The highest BCUT2D eigenvalue weighted by molar-refractivity contribution is 5.18. The summed E-state index contributed by atoms with van der Waals surface area (Å²) in [5.74, 6) is 1.74. The van der Waals surface area contributed by atoms with Crippen LogP contribution in [0.15, 0.2) is 36.0 Å². The topological polar surface area (TPSA) is 20.2 Å². The van der Waals surface area contributed by atoms with Gasteiger partial charge in [-0.1, -0.05) is 104 Å². The van der Waals surface area contributed by atoms with Crippen molar-refractivity contribution >= 4 is 0 Å². The molecule has 0 amide bonds. The smallest absolute Gasteiger partial charge is 0.0626 e. The number of hydrogen-bond donors (Lipinski definition) is 1. The van der Waals surface area contributed by atoms with E-state index in [9.17, 15) is 5.11 Å². The molecule has 1 nitrogen and oxygen atoms in total. The Morgan fingerprint density at radius 3 is 2.03 bits per heavy atom. The minimum absolute atomic E-state index is 0.536. The van der Waals surface area contributed by atoms with E-state index in [4.69, 9.17) is 0 Å². The molecule has 0 aromatic rings. The molecule has 3 atom stereocenters. The molecule has 1 N–H and O–H groups in total. The molecule has 3 saturated carbocycles. The summed E-state index contributed by atoms with van der Waals surface area (Å²) >= 11 is 0. The number of rotatable bonds is 5. The van der Waals surface area contributed by atoms with Gasteiger partial charge >= 0.3 is 0 Å². The molecule has 3 fully saturated rings. The first-order valence-electron chi connectivity index (χ1n) is 14.9. The van der Waals surface area contributed by atoms with Crippen molar-refractivity contribution < 1.29 is 5.11 Å². The van der Waals surface area contributed by atoms with Crippen molar-refractivity contribution in [3.8, 4) is 0 Å². The Hall–Kier alpha value is -0.820. The minimum Gasteiger partial charge on any atom is -0.390 e. The molecular formula is C33H64O. The van der Waals surface area contributed by atoms with Crippen molar-refractivity contribution in [2.75, 3.05) is 0 Å². The van der Waals surface area contributed by atoms with Gasteiger partial charge in [0.25, 0.3) is 0 Å². The van der Waals surface area contributed by atoms with Crippen molar-refractivity contribution in [1.29, 1.82) is 0 Å². The average molecular weight is 477 g/mol. The predicted octanol–water partition coefficient (Wildman–Crippen LogP) is 11.2. The fraction of sp³-hybridized carbons (Fsp3) is 0.818. The Balaban J connectivity index is 0. The zero-order chi connectivity index (χ0) is 26.6. The minimum atomic E-state index is -0.536. The first-order chi connectivity index (χ1) is 16.2. The van der Waals surface area contributed by atoms with Gasteiger partial charge in [-0.25, -0.2) is 0 Å². The van der Waals surface area contributed by atoms with E-state index < -0.39 is 5.60 Å². The normalized spacial score (nSPS) is 26.8.